The number of hydrogen-bond acceptors (Lipinski definition) is 6. The molecule has 7 nitrogen and oxygen atoms in total. The van der Waals surface area contributed by atoms with E-state index in [-0.39, 0.29) is 23.3 Å². The molecule has 0 aliphatic rings. The number of rotatable bonds is 4. The predicted octanol–water partition coefficient (Wildman–Crippen LogP) is 5.39. The average Bonchev–Trinajstić information content (AvgIpc) is 2.69. The van der Waals surface area contributed by atoms with E-state index in [1.807, 2.05) is 24.3 Å². The molecule has 2 aromatic carbocycles. The number of hydrogen-bond donors (Lipinski definition) is 2. The van der Waals surface area contributed by atoms with Crippen molar-refractivity contribution in [1.29, 1.82) is 0 Å². The summed E-state index contributed by atoms with van der Waals surface area (Å²) in [5.74, 6) is -0.221. The van der Waals surface area contributed by atoms with Crippen LogP contribution in [0.25, 0.3) is 22.2 Å². The van der Waals surface area contributed by atoms with E-state index in [9.17, 15) is 9.18 Å². The van der Waals surface area contributed by atoms with Crippen LogP contribution in [-0.2, 0) is 0 Å². The first-order valence-electron chi connectivity index (χ1n) is 8.35. The van der Waals surface area contributed by atoms with E-state index < -0.39 is 6.16 Å². The van der Waals surface area contributed by atoms with Gasteiger partial charge in [0.1, 0.15) is 5.82 Å². The Hall–Kier alpha value is -3.59. The van der Waals surface area contributed by atoms with E-state index in [2.05, 4.69) is 36.2 Å². The van der Waals surface area contributed by atoms with Crippen LogP contribution >= 0.6 is 15.9 Å². The summed E-state index contributed by atoms with van der Waals surface area (Å²) in [6.07, 6.45) is 0.0791. The summed E-state index contributed by atoms with van der Waals surface area (Å²) in [5.41, 5.74) is 2.04. The molecule has 9 heteroatoms. The fourth-order valence-electron chi connectivity index (χ4n) is 2.70. The Morgan fingerprint density at radius 2 is 1.83 bits per heavy atom. The zero-order chi connectivity index (χ0) is 20.4. The standard InChI is InChI=1S/C20H12BrFN4O3/c21-16-4-2-1-3-14(16)15-9-11-10-23-19(24-13-7-5-12(22)6-8-13)26-17(11)25-18(15)29-20(27)28/h1-10H,(H,27,28)(H,23,24,25,26). The van der Waals surface area contributed by atoms with Gasteiger partial charge < -0.3 is 15.2 Å². The maximum Gasteiger partial charge on any atom is 0.512 e. The minimum Gasteiger partial charge on any atom is -0.449 e. The van der Waals surface area contributed by atoms with Crippen LogP contribution in [-0.4, -0.2) is 26.2 Å². The van der Waals surface area contributed by atoms with Gasteiger partial charge in [-0.1, -0.05) is 34.1 Å². The van der Waals surface area contributed by atoms with Crippen molar-refractivity contribution in [3.63, 3.8) is 0 Å². The molecule has 2 heterocycles. The van der Waals surface area contributed by atoms with Crippen molar-refractivity contribution >= 4 is 44.8 Å². The van der Waals surface area contributed by atoms with Crippen LogP contribution in [0.4, 0.5) is 20.8 Å². The number of anilines is 2. The van der Waals surface area contributed by atoms with Gasteiger partial charge in [-0.2, -0.15) is 9.97 Å². The highest BCUT2D eigenvalue weighted by molar-refractivity contribution is 9.10. The van der Waals surface area contributed by atoms with Crippen molar-refractivity contribution in [2.45, 2.75) is 0 Å². The molecule has 0 saturated carbocycles. The van der Waals surface area contributed by atoms with Crippen molar-refractivity contribution in [3.8, 4) is 17.0 Å². The molecular weight excluding hydrogens is 443 g/mol. The average molecular weight is 455 g/mol. The first-order valence-corrected chi connectivity index (χ1v) is 9.15. The van der Waals surface area contributed by atoms with Crippen molar-refractivity contribution in [2.24, 2.45) is 0 Å². The Labute approximate surface area is 172 Å². The highest BCUT2D eigenvalue weighted by Crippen LogP contribution is 2.36. The second-order valence-corrected chi connectivity index (χ2v) is 6.78. The molecule has 4 aromatic rings. The monoisotopic (exact) mass is 454 g/mol. The molecule has 0 saturated heterocycles. The van der Waals surface area contributed by atoms with Crippen LogP contribution in [0, 0.1) is 5.82 Å². The summed E-state index contributed by atoms with van der Waals surface area (Å²) >= 11 is 3.45. The van der Waals surface area contributed by atoms with Gasteiger partial charge in [-0.25, -0.2) is 14.2 Å². The predicted molar refractivity (Wildman–Crippen MR) is 109 cm³/mol. The number of aromatic nitrogens is 3. The number of ether oxygens (including phenoxy) is 1. The Morgan fingerprint density at radius 1 is 1.07 bits per heavy atom. The Kier molecular flexibility index (Phi) is 5.05. The number of carbonyl (C=O) groups is 1. The fraction of sp³-hybridized carbons (Fsp3) is 0. The maximum absolute atomic E-state index is 13.1. The van der Waals surface area contributed by atoms with Crippen LogP contribution < -0.4 is 10.1 Å². The minimum atomic E-state index is -1.48. The van der Waals surface area contributed by atoms with Gasteiger partial charge >= 0.3 is 6.16 Å². The van der Waals surface area contributed by atoms with Crippen LogP contribution in [0.1, 0.15) is 0 Å². The lowest BCUT2D eigenvalue weighted by Gasteiger charge is -2.11. The lowest BCUT2D eigenvalue weighted by atomic mass is 10.1. The van der Waals surface area contributed by atoms with Gasteiger partial charge in [-0.15, -0.1) is 0 Å². The molecule has 0 spiro atoms. The van der Waals surface area contributed by atoms with Crippen molar-refractivity contribution in [2.75, 3.05) is 5.32 Å². The summed E-state index contributed by atoms with van der Waals surface area (Å²) < 4.78 is 18.7. The smallest absolute Gasteiger partial charge is 0.449 e. The van der Waals surface area contributed by atoms with E-state index in [4.69, 9.17) is 9.84 Å². The third-order valence-corrected chi connectivity index (χ3v) is 4.67. The van der Waals surface area contributed by atoms with Crippen molar-refractivity contribution in [1.82, 2.24) is 15.0 Å². The molecule has 2 aromatic heterocycles. The Morgan fingerprint density at radius 3 is 2.55 bits per heavy atom. The molecule has 0 unspecified atom stereocenters. The highest BCUT2D eigenvalue weighted by atomic mass is 79.9. The van der Waals surface area contributed by atoms with E-state index in [0.29, 0.717) is 22.2 Å². The Balaban J connectivity index is 1.79. The van der Waals surface area contributed by atoms with Gasteiger partial charge in [-0.05, 0) is 36.4 Å². The van der Waals surface area contributed by atoms with Crippen LogP contribution in [0.5, 0.6) is 5.88 Å². The normalized spacial score (nSPS) is 10.7. The SMILES string of the molecule is O=C(O)Oc1nc2nc(Nc3ccc(F)cc3)ncc2cc1-c1ccccc1Br. The van der Waals surface area contributed by atoms with E-state index in [1.54, 1.807) is 24.4 Å². The van der Waals surface area contributed by atoms with Gasteiger partial charge in [-0.3, -0.25) is 0 Å². The van der Waals surface area contributed by atoms with Gasteiger partial charge in [0.2, 0.25) is 11.8 Å². The molecule has 29 heavy (non-hydrogen) atoms. The first kappa shape index (κ1) is 18.8. The molecule has 0 aliphatic carbocycles. The number of benzene rings is 2. The maximum atomic E-state index is 13.1. The third-order valence-electron chi connectivity index (χ3n) is 3.98. The number of nitrogens with zero attached hydrogens (tertiary/aromatic N) is 3. The van der Waals surface area contributed by atoms with E-state index in [1.165, 1.54) is 12.1 Å². The van der Waals surface area contributed by atoms with Gasteiger partial charge in [0.05, 0.1) is 0 Å². The van der Waals surface area contributed by atoms with Crippen molar-refractivity contribution < 1.29 is 19.0 Å². The van der Waals surface area contributed by atoms with Gasteiger partial charge in [0, 0.05) is 32.9 Å². The Bertz CT molecular complexity index is 1220. The first-order chi connectivity index (χ1) is 14.0. The van der Waals surface area contributed by atoms with Gasteiger partial charge in [0.25, 0.3) is 0 Å². The fourth-order valence-corrected chi connectivity index (χ4v) is 3.20. The van der Waals surface area contributed by atoms with Crippen LogP contribution in [0.2, 0.25) is 0 Å². The molecule has 0 aliphatic heterocycles. The number of pyridine rings is 1. The summed E-state index contributed by atoms with van der Waals surface area (Å²) in [5, 5.41) is 12.6. The summed E-state index contributed by atoms with van der Waals surface area (Å²) in [6, 6.07) is 14.7. The molecular formula is C20H12BrFN4O3. The number of carboxylic acid groups (broad SMARTS) is 1. The highest BCUT2D eigenvalue weighted by Gasteiger charge is 2.17. The molecule has 0 bridgehead atoms. The summed E-state index contributed by atoms with van der Waals surface area (Å²) in [7, 11) is 0. The second-order valence-electron chi connectivity index (χ2n) is 5.93. The van der Waals surface area contributed by atoms with Crippen LogP contribution in [0.3, 0.4) is 0 Å². The number of halogens is 2. The summed E-state index contributed by atoms with van der Waals surface area (Å²) in [6.45, 7) is 0. The lowest BCUT2D eigenvalue weighted by molar-refractivity contribution is 0.143. The van der Waals surface area contributed by atoms with E-state index in [0.717, 1.165) is 4.47 Å². The minimum absolute atomic E-state index is 0.0941. The largest absolute Gasteiger partial charge is 0.512 e. The van der Waals surface area contributed by atoms with E-state index >= 15 is 0 Å². The molecule has 0 radical (unpaired) electrons. The molecule has 144 valence electrons. The zero-order valence-electron chi connectivity index (χ0n) is 14.6. The third kappa shape index (κ3) is 4.14. The second kappa shape index (κ2) is 7.80. The molecule has 0 atom stereocenters. The molecule has 0 amide bonds. The molecule has 4 rings (SSSR count). The van der Waals surface area contributed by atoms with Crippen molar-refractivity contribution in [3.05, 3.63) is 71.1 Å². The zero-order valence-corrected chi connectivity index (χ0v) is 16.2. The molecule has 2 N–H and O–H groups in total. The van der Waals surface area contributed by atoms with Gasteiger partial charge in [0.15, 0.2) is 5.65 Å². The topological polar surface area (TPSA) is 97.2 Å². The quantitative estimate of drug-likeness (QED) is 0.398. The van der Waals surface area contributed by atoms with Crippen LogP contribution in [0.15, 0.2) is 65.3 Å². The molecule has 0 fully saturated rings. The lowest BCUT2D eigenvalue weighted by Crippen LogP contribution is -2.07. The summed E-state index contributed by atoms with van der Waals surface area (Å²) in [4.78, 5) is 24.0. The number of fused-ring (bicyclic) bond motifs is 1. The number of nitrogens with one attached hydrogen (secondary N) is 1.